The molecule has 0 aliphatic heterocycles. The molecule has 21 heavy (non-hydrogen) atoms. The van der Waals surface area contributed by atoms with Crippen LogP contribution in [0.2, 0.25) is 5.15 Å². The van der Waals surface area contributed by atoms with Gasteiger partial charge in [-0.1, -0.05) is 51.8 Å². The monoisotopic (exact) mass is 365 g/mol. The van der Waals surface area contributed by atoms with Crippen molar-refractivity contribution >= 4 is 44.1 Å². The van der Waals surface area contributed by atoms with Gasteiger partial charge in [0.15, 0.2) is 11.0 Å². The van der Waals surface area contributed by atoms with Gasteiger partial charge in [-0.3, -0.25) is 0 Å². The smallest absolute Gasteiger partial charge is 0.159 e. The number of benzene rings is 2. The summed E-state index contributed by atoms with van der Waals surface area (Å²) in [6.45, 7) is 0.311. The first kappa shape index (κ1) is 14.2. The summed E-state index contributed by atoms with van der Waals surface area (Å²) in [5.74, 6) is 0.311. The molecule has 1 aromatic heterocycles. The summed E-state index contributed by atoms with van der Waals surface area (Å²) in [6.07, 6.45) is 0. The van der Waals surface area contributed by atoms with Crippen molar-refractivity contribution in [2.75, 3.05) is 5.32 Å². The molecule has 0 aliphatic rings. The van der Waals surface area contributed by atoms with Crippen LogP contribution < -0.4 is 5.32 Å². The van der Waals surface area contributed by atoms with Crippen LogP contribution in [-0.4, -0.2) is 10.2 Å². The number of halogens is 3. The second-order valence-corrected chi connectivity index (χ2v) is 5.75. The lowest BCUT2D eigenvalue weighted by molar-refractivity contribution is 0.612. The van der Waals surface area contributed by atoms with E-state index in [4.69, 9.17) is 11.6 Å². The summed E-state index contributed by atoms with van der Waals surface area (Å²) in [7, 11) is 0. The molecule has 3 rings (SSSR count). The molecule has 0 unspecified atom stereocenters. The Morgan fingerprint density at radius 3 is 2.67 bits per heavy atom. The van der Waals surface area contributed by atoms with Gasteiger partial charge in [-0.15, -0.1) is 10.2 Å². The summed E-state index contributed by atoms with van der Waals surface area (Å²) in [5, 5.41) is 13.1. The Balaban J connectivity index is 1.92. The first-order valence-electron chi connectivity index (χ1n) is 6.24. The summed E-state index contributed by atoms with van der Waals surface area (Å²) in [6, 6.07) is 12.4. The Morgan fingerprint density at radius 2 is 1.86 bits per heavy atom. The molecule has 0 bridgehead atoms. The number of nitrogens with zero attached hydrogens (tertiary/aromatic N) is 2. The van der Waals surface area contributed by atoms with Gasteiger partial charge in [0.1, 0.15) is 5.82 Å². The quantitative estimate of drug-likeness (QED) is 0.724. The highest BCUT2D eigenvalue weighted by atomic mass is 79.9. The van der Waals surface area contributed by atoms with E-state index >= 15 is 0 Å². The maximum atomic E-state index is 13.7. The fourth-order valence-electron chi connectivity index (χ4n) is 2.06. The third kappa shape index (κ3) is 2.99. The molecule has 3 nitrogen and oxygen atoms in total. The predicted molar refractivity (Wildman–Crippen MR) is 86.0 cm³/mol. The molecule has 0 radical (unpaired) electrons. The minimum atomic E-state index is -0.267. The Hall–Kier alpha value is -1.72. The van der Waals surface area contributed by atoms with Crippen molar-refractivity contribution < 1.29 is 4.39 Å². The molecule has 0 amide bonds. The van der Waals surface area contributed by atoms with Gasteiger partial charge in [0.05, 0.1) is 0 Å². The second kappa shape index (κ2) is 5.95. The van der Waals surface area contributed by atoms with E-state index in [-0.39, 0.29) is 5.82 Å². The Bertz CT molecular complexity index is 810. The van der Waals surface area contributed by atoms with E-state index < -0.39 is 0 Å². The Morgan fingerprint density at radius 1 is 1.10 bits per heavy atom. The first-order chi connectivity index (χ1) is 10.1. The van der Waals surface area contributed by atoms with Crippen molar-refractivity contribution in [2.24, 2.45) is 0 Å². The van der Waals surface area contributed by atoms with Crippen molar-refractivity contribution in [3.8, 4) is 0 Å². The molecule has 0 spiro atoms. The maximum Gasteiger partial charge on any atom is 0.159 e. The van der Waals surface area contributed by atoms with E-state index in [9.17, 15) is 4.39 Å². The van der Waals surface area contributed by atoms with Crippen molar-refractivity contribution in [1.29, 1.82) is 0 Å². The lowest BCUT2D eigenvalue weighted by atomic mass is 10.2. The van der Waals surface area contributed by atoms with Crippen LogP contribution in [0.15, 0.2) is 46.9 Å². The zero-order chi connectivity index (χ0) is 14.8. The third-order valence-electron chi connectivity index (χ3n) is 3.10. The van der Waals surface area contributed by atoms with Gasteiger partial charge >= 0.3 is 0 Å². The van der Waals surface area contributed by atoms with E-state index in [1.165, 1.54) is 6.07 Å². The van der Waals surface area contributed by atoms with Gasteiger partial charge in [-0.25, -0.2) is 4.39 Å². The molecule has 6 heteroatoms. The molecule has 2 aromatic carbocycles. The SMILES string of the molecule is Fc1ccc(Br)cc1CNc1nnc(Cl)c2ccccc12. The number of hydrogen-bond donors (Lipinski definition) is 1. The van der Waals surface area contributed by atoms with Crippen LogP contribution in [0, 0.1) is 5.82 Å². The first-order valence-corrected chi connectivity index (χ1v) is 7.41. The number of anilines is 1. The predicted octanol–water partition coefficient (Wildman–Crippen LogP) is 4.80. The number of rotatable bonds is 3. The lowest BCUT2D eigenvalue weighted by Gasteiger charge is -2.09. The molecule has 0 atom stereocenters. The molecule has 1 N–H and O–H groups in total. The van der Waals surface area contributed by atoms with Crippen molar-refractivity contribution in [3.05, 3.63) is 63.5 Å². The third-order valence-corrected chi connectivity index (χ3v) is 3.87. The topological polar surface area (TPSA) is 37.8 Å². The zero-order valence-electron chi connectivity index (χ0n) is 10.8. The summed E-state index contributed by atoms with van der Waals surface area (Å²) < 4.78 is 14.6. The molecule has 0 aliphatic carbocycles. The van der Waals surface area contributed by atoms with Gasteiger partial charge in [0.2, 0.25) is 0 Å². The van der Waals surface area contributed by atoms with Crippen LogP contribution in [0.25, 0.3) is 10.8 Å². The van der Waals surface area contributed by atoms with Crippen LogP contribution in [0.4, 0.5) is 10.2 Å². The molecular formula is C15H10BrClFN3. The fraction of sp³-hybridized carbons (Fsp3) is 0.0667. The molecular weight excluding hydrogens is 357 g/mol. The molecule has 106 valence electrons. The molecule has 0 saturated heterocycles. The van der Waals surface area contributed by atoms with Crippen LogP contribution in [0.3, 0.4) is 0 Å². The fourth-order valence-corrected chi connectivity index (χ4v) is 2.67. The normalized spacial score (nSPS) is 10.8. The van der Waals surface area contributed by atoms with Gasteiger partial charge in [0.25, 0.3) is 0 Å². The largest absolute Gasteiger partial charge is 0.364 e. The van der Waals surface area contributed by atoms with Crippen LogP contribution in [-0.2, 0) is 6.54 Å². The highest BCUT2D eigenvalue weighted by molar-refractivity contribution is 9.10. The van der Waals surface area contributed by atoms with E-state index in [1.54, 1.807) is 12.1 Å². The van der Waals surface area contributed by atoms with E-state index in [2.05, 4.69) is 31.4 Å². The summed E-state index contributed by atoms with van der Waals surface area (Å²) in [5.41, 5.74) is 0.546. The Labute approximate surface area is 134 Å². The van der Waals surface area contributed by atoms with E-state index in [0.717, 1.165) is 15.2 Å². The minimum Gasteiger partial charge on any atom is -0.364 e. The van der Waals surface area contributed by atoms with Crippen molar-refractivity contribution in [2.45, 2.75) is 6.54 Å². The highest BCUT2D eigenvalue weighted by Gasteiger charge is 2.08. The molecule has 1 heterocycles. The summed E-state index contributed by atoms with van der Waals surface area (Å²) in [4.78, 5) is 0. The molecule has 0 saturated carbocycles. The van der Waals surface area contributed by atoms with Gasteiger partial charge in [-0.2, -0.15) is 0 Å². The number of aromatic nitrogens is 2. The highest BCUT2D eigenvalue weighted by Crippen LogP contribution is 2.26. The van der Waals surface area contributed by atoms with Crippen LogP contribution in [0.1, 0.15) is 5.56 Å². The maximum absolute atomic E-state index is 13.7. The Kier molecular flexibility index (Phi) is 4.03. The van der Waals surface area contributed by atoms with Crippen LogP contribution in [0.5, 0.6) is 0 Å². The summed E-state index contributed by atoms with van der Waals surface area (Å²) >= 11 is 9.36. The van der Waals surface area contributed by atoms with Crippen molar-refractivity contribution in [1.82, 2.24) is 10.2 Å². The average Bonchev–Trinajstić information content (AvgIpc) is 2.50. The number of hydrogen-bond acceptors (Lipinski definition) is 3. The number of fused-ring (bicyclic) bond motifs is 1. The van der Waals surface area contributed by atoms with Gasteiger partial charge in [-0.05, 0) is 18.2 Å². The zero-order valence-corrected chi connectivity index (χ0v) is 13.1. The van der Waals surface area contributed by atoms with Gasteiger partial charge < -0.3 is 5.32 Å². The minimum absolute atomic E-state index is 0.267. The number of nitrogens with one attached hydrogen (secondary N) is 1. The molecule has 0 fully saturated rings. The van der Waals surface area contributed by atoms with Crippen LogP contribution >= 0.6 is 27.5 Å². The average molecular weight is 367 g/mol. The standard InChI is InChI=1S/C15H10BrClFN3/c16-10-5-6-13(18)9(7-10)8-19-15-12-4-2-1-3-11(12)14(17)20-21-15/h1-7H,8H2,(H,19,21). The van der Waals surface area contributed by atoms with Gasteiger partial charge in [0, 0.05) is 27.4 Å². The van der Waals surface area contributed by atoms with Crippen molar-refractivity contribution in [3.63, 3.8) is 0 Å². The lowest BCUT2D eigenvalue weighted by Crippen LogP contribution is -2.05. The second-order valence-electron chi connectivity index (χ2n) is 4.47. The molecule has 3 aromatic rings. The van der Waals surface area contributed by atoms with E-state index in [0.29, 0.717) is 23.1 Å². The van der Waals surface area contributed by atoms with E-state index in [1.807, 2.05) is 24.3 Å².